The van der Waals surface area contributed by atoms with E-state index in [1.165, 1.54) is 16.5 Å². The van der Waals surface area contributed by atoms with E-state index in [-0.39, 0.29) is 0 Å². The highest BCUT2D eigenvalue weighted by Gasteiger charge is 2.09. The summed E-state index contributed by atoms with van der Waals surface area (Å²) in [6.07, 6.45) is 2.77. The molecule has 0 aliphatic heterocycles. The summed E-state index contributed by atoms with van der Waals surface area (Å²) >= 11 is 0. The Morgan fingerprint density at radius 2 is 2.13 bits per heavy atom. The van der Waals surface area contributed by atoms with Crippen LogP contribution in [0.1, 0.15) is 30.9 Å². The molecule has 0 spiro atoms. The van der Waals surface area contributed by atoms with Crippen molar-refractivity contribution in [3.05, 3.63) is 35.6 Å². The minimum Gasteiger partial charge on any atom is -0.464 e. The van der Waals surface area contributed by atoms with Crippen LogP contribution in [-0.2, 0) is 6.42 Å². The van der Waals surface area contributed by atoms with Gasteiger partial charge in [0, 0.05) is 10.9 Å². The zero-order valence-electron chi connectivity index (χ0n) is 9.29. The Bertz CT molecular complexity index is 457. The predicted octanol–water partition coefficient (Wildman–Crippen LogP) is 3.06. The standard InChI is InChI=1S/C13H17NO/c1-9(2)12-8-15-13-7-10(5-6-14)3-4-11(12)13/h3-4,7-9H,5-6,14H2,1-2H3. The topological polar surface area (TPSA) is 39.2 Å². The van der Waals surface area contributed by atoms with Gasteiger partial charge in [0.25, 0.3) is 0 Å². The Kier molecular flexibility index (Phi) is 2.78. The van der Waals surface area contributed by atoms with Gasteiger partial charge in [0.15, 0.2) is 0 Å². The normalized spacial score (nSPS) is 11.5. The lowest BCUT2D eigenvalue weighted by atomic mass is 10.0. The molecule has 80 valence electrons. The van der Waals surface area contributed by atoms with Gasteiger partial charge in [0.05, 0.1) is 6.26 Å². The molecule has 0 saturated carbocycles. The van der Waals surface area contributed by atoms with Crippen molar-refractivity contribution in [3.63, 3.8) is 0 Å². The van der Waals surface area contributed by atoms with Crippen LogP contribution < -0.4 is 5.73 Å². The van der Waals surface area contributed by atoms with Crippen LogP contribution in [0.3, 0.4) is 0 Å². The molecule has 0 aliphatic rings. The highest BCUT2D eigenvalue weighted by Crippen LogP contribution is 2.27. The summed E-state index contributed by atoms with van der Waals surface area (Å²) in [5, 5.41) is 1.23. The molecule has 0 radical (unpaired) electrons. The van der Waals surface area contributed by atoms with Crippen molar-refractivity contribution in [2.75, 3.05) is 6.54 Å². The fourth-order valence-corrected chi connectivity index (χ4v) is 1.86. The third-order valence-electron chi connectivity index (χ3n) is 2.72. The number of benzene rings is 1. The first-order valence-corrected chi connectivity index (χ1v) is 5.42. The highest BCUT2D eigenvalue weighted by atomic mass is 16.3. The Morgan fingerprint density at radius 3 is 2.80 bits per heavy atom. The second kappa shape index (κ2) is 4.07. The van der Waals surface area contributed by atoms with Crippen LogP contribution in [-0.4, -0.2) is 6.54 Å². The summed E-state index contributed by atoms with van der Waals surface area (Å²) in [6, 6.07) is 6.36. The molecule has 0 fully saturated rings. The van der Waals surface area contributed by atoms with E-state index >= 15 is 0 Å². The smallest absolute Gasteiger partial charge is 0.134 e. The van der Waals surface area contributed by atoms with Gasteiger partial charge in [-0.3, -0.25) is 0 Å². The Balaban J connectivity index is 2.47. The Labute approximate surface area is 90.1 Å². The molecule has 2 aromatic rings. The van der Waals surface area contributed by atoms with Gasteiger partial charge in [-0.1, -0.05) is 26.0 Å². The van der Waals surface area contributed by atoms with Crippen molar-refractivity contribution < 1.29 is 4.42 Å². The minimum absolute atomic E-state index is 0.506. The molecular formula is C13H17NO. The first-order chi connectivity index (χ1) is 7.22. The third kappa shape index (κ3) is 1.90. The van der Waals surface area contributed by atoms with Gasteiger partial charge in [-0.05, 0) is 30.5 Å². The van der Waals surface area contributed by atoms with Crippen LogP contribution in [0.5, 0.6) is 0 Å². The molecule has 0 bridgehead atoms. The van der Waals surface area contributed by atoms with Gasteiger partial charge >= 0.3 is 0 Å². The monoisotopic (exact) mass is 203 g/mol. The molecule has 2 rings (SSSR count). The van der Waals surface area contributed by atoms with Crippen molar-refractivity contribution >= 4 is 11.0 Å². The fourth-order valence-electron chi connectivity index (χ4n) is 1.86. The van der Waals surface area contributed by atoms with Gasteiger partial charge in [0.1, 0.15) is 5.58 Å². The first-order valence-electron chi connectivity index (χ1n) is 5.42. The van der Waals surface area contributed by atoms with Crippen molar-refractivity contribution in [3.8, 4) is 0 Å². The van der Waals surface area contributed by atoms with Crippen LogP contribution in [0, 0.1) is 0 Å². The van der Waals surface area contributed by atoms with E-state index in [9.17, 15) is 0 Å². The molecule has 2 N–H and O–H groups in total. The van der Waals surface area contributed by atoms with E-state index in [4.69, 9.17) is 10.2 Å². The fraction of sp³-hybridized carbons (Fsp3) is 0.385. The number of fused-ring (bicyclic) bond motifs is 1. The molecule has 0 aliphatic carbocycles. The van der Waals surface area contributed by atoms with Crippen LogP contribution in [0.2, 0.25) is 0 Å². The molecule has 0 amide bonds. The van der Waals surface area contributed by atoms with Gasteiger partial charge in [0.2, 0.25) is 0 Å². The van der Waals surface area contributed by atoms with E-state index in [1.54, 1.807) is 0 Å². The summed E-state index contributed by atoms with van der Waals surface area (Å²) < 4.78 is 5.56. The van der Waals surface area contributed by atoms with Crippen molar-refractivity contribution in [2.45, 2.75) is 26.2 Å². The van der Waals surface area contributed by atoms with E-state index in [1.807, 2.05) is 6.26 Å². The number of hydrogen-bond donors (Lipinski definition) is 1. The first kappa shape index (κ1) is 10.2. The quantitative estimate of drug-likeness (QED) is 0.832. The van der Waals surface area contributed by atoms with Crippen molar-refractivity contribution in [1.29, 1.82) is 0 Å². The van der Waals surface area contributed by atoms with Gasteiger partial charge in [-0.2, -0.15) is 0 Å². The Morgan fingerprint density at radius 1 is 1.33 bits per heavy atom. The number of furan rings is 1. The zero-order valence-corrected chi connectivity index (χ0v) is 9.29. The number of nitrogens with two attached hydrogens (primary N) is 1. The largest absolute Gasteiger partial charge is 0.464 e. The number of hydrogen-bond acceptors (Lipinski definition) is 2. The lowest BCUT2D eigenvalue weighted by Gasteiger charge is -2.01. The van der Waals surface area contributed by atoms with Crippen LogP contribution in [0.4, 0.5) is 0 Å². The van der Waals surface area contributed by atoms with Crippen molar-refractivity contribution in [1.82, 2.24) is 0 Å². The van der Waals surface area contributed by atoms with Gasteiger partial charge in [-0.25, -0.2) is 0 Å². The van der Waals surface area contributed by atoms with E-state index in [0.717, 1.165) is 12.0 Å². The maximum atomic E-state index is 5.56. The predicted molar refractivity (Wildman–Crippen MR) is 63.1 cm³/mol. The van der Waals surface area contributed by atoms with Crippen LogP contribution >= 0.6 is 0 Å². The number of rotatable bonds is 3. The molecule has 1 heterocycles. The molecule has 2 heteroatoms. The molecular weight excluding hydrogens is 186 g/mol. The molecule has 15 heavy (non-hydrogen) atoms. The zero-order chi connectivity index (χ0) is 10.8. The highest BCUT2D eigenvalue weighted by molar-refractivity contribution is 5.82. The lowest BCUT2D eigenvalue weighted by molar-refractivity contribution is 0.606. The second-order valence-corrected chi connectivity index (χ2v) is 4.21. The van der Waals surface area contributed by atoms with Crippen LogP contribution in [0.15, 0.2) is 28.9 Å². The van der Waals surface area contributed by atoms with E-state index < -0.39 is 0 Å². The maximum Gasteiger partial charge on any atom is 0.134 e. The summed E-state index contributed by atoms with van der Waals surface area (Å²) in [5.74, 6) is 0.506. The maximum absolute atomic E-state index is 5.56. The minimum atomic E-state index is 0.506. The van der Waals surface area contributed by atoms with E-state index in [2.05, 4.69) is 32.0 Å². The molecule has 0 atom stereocenters. The molecule has 1 aromatic heterocycles. The summed E-state index contributed by atoms with van der Waals surface area (Å²) in [5.41, 5.74) is 9.03. The van der Waals surface area contributed by atoms with Gasteiger partial charge in [-0.15, -0.1) is 0 Å². The summed E-state index contributed by atoms with van der Waals surface area (Å²) in [7, 11) is 0. The summed E-state index contributed by atoms with van der Waals surface area (Å²) in [4.78, 5) is 0. The molecule has 0 saturated heterocycles. The Hall–Kier alpha value is -1.28. The molecule has 0 unspecified atom stereocenters. The van der Waals surface area contributed by atoms with Crippen molar-refractivity contribution in [2.24, 2.45) is 5.73 Å². The third-order valence-corrected chi connectivity index (χ3v) is 2.72. The summed E-state index contributed by atoms with van der Waals surface area (Å²) in [6.45, 7) is 5.04. The molecule has 2 nitrogen and oxygen atoms in total. The second-order valence-electron chi connectivity index (χ2n) is 4.21. The van der Waals surface area contributed by atoms with E-state index in [0.29, 0.717) is 12.5 Å². The molecule has 1 aromatic carbocycles. The van der Waals surface area contributed by atoms with Gasteiger partial charge < -0.3 is 10.2 Å². The van der Waals surface area contributed by atoms with Crippen LogP contribution in [0.25, 0.3) is 11.0 Å². The lowest BCUT2D eigenvalue weighted by Crippen LogP contribution is -2.02. The average Bonchev–Trinajstić information content (AvgIpc) is 2.61. The average molecular weight is 203 g/mol. The SMILES string of the molecule is CC(C)c1coc2cc(CCN)ccc12.